The van der Waals surface area contributed by atoms with Crippen LogP contribution < -0.4 is 0 Å². The third kappa shape index (κ3) is 5.28. The highest BCUT2D eigenvalue weighted by Crippen LogP contribution is 2.45. The van der Waals surface area contributed by atoms with Crippen molar-refractivity contribution in [1.29, 1.82) is 0 Å². The van der Waals surface area contributed by atoms with E-state index in [1.807, 2.05) is 0 Å². The predicted octanol–water partition coefficient (Wildman–Crippen LogP) is 2.67. The molecule has 5 nitrogen and oxygen atoms in total. The van der Waals surface area contributed by atoms with Crippen LogP contribution in [0, 0.1) is 11.8 Å². The first-order chi connectivity index (χ1) is 7.27. The number of aliphatic hydroxyl groups is 1. The van der Waals surface area contributed by atoms with Gasteiger partial charge in [-0.25, -0.2) is 0 Å². The Labute approximate surface area is 93.7 Å². The van der Waals surface area contributed by atoms with E-state index in [0.29, 0.717) is 11.8 Å². The summed E-state index contributed by atoms with van der Waals surface area (Å²) in [5.41, 5.74) is 8.08. The molecule has 1 fully saturated rings. The maximum atomic E-state index is 9.47. The maximum Gasteiger partial charge on any atom is 0.0599 e. The van der Waals surface area contributed by atoms with Crippen LogP contribution in [0.15, 0.2) is 5.11 Å². The van der Waals surface area contributed by atoms with E-state index in [9.17, 15) is 5.11 Å². The molecule has 3 atom stereocenters. The number of azide groups is 1. The molecule has 86 valence electrons. The van der Waals surface area contributed by atoms with Crippen molar-refractivity contribution in [2.24, 2.45) is 17.0 Å². The number of rotatable bonds is 8. The van der Waals surface area contributed by atoms with Crippen molar-refractivity contribution in [3.05, 3.63) is 10.4 Å². The minimum Gasteiger partial charge on any atom is -0.393 e. The van der Waals surface area contributed by atoms with Gasteiger partial charge in [0.25, 0.3) is 0 Å². The zero-order valence-corrected chi connectivity index (χ0v) is 9.44. The first kappa shape index (κ1) is 12.6. The van der Waals surface area contributed by atoms with Crippen LogP contribution in [0.2, 0.25) is 0 Å². The van der Waals surface area contributed by atoms with Crippen LogP contribution in [0.1, 0.15) is 25.7 Å². The molecule has 1 rings (SSSR count). The summed E-state index contributed by atoms with van der Waals surface area (Å²) in [6.07, 6.45) is 3.60. The molecule has 0 saturated heterocycles. The van der Waals surface area contributed by atoms with Gasteiger partial charge in [0.05, 0.1) is 12.6 Å². The average molecular weight is 231 g/mol. The molecule has 1 aliphatic carbocycles. The summed E-state index contributed by atoms with van der Waals surface area (Å²) in [7, 11) is 0. The second-order valence-electron chi connectivity index (χ2n) is 4.03. The first-order valence-corrected chi connectivity index (χ1v) is 6.17. The molecule has 0 radical (unpaired) electrons. The van der Waals surface area contributed by atoms with Crippen LogP contribution in [0.25, 0.3) is 10.4 Å². The lowest BCUT2D eigenvalue weighted by Crippen LogP contribution is -2.11. The zero-order chi connectivity index (χ0) is 11.1. The van der Waals surface area contributed by atoms with Crippen molar-refractivity contribution in [3.8, 4) is 0 Å². The Morgan fingerprint density at radius 3 is 3.00 bits per heavy atom. The minimum absolute atomic E-state index is 0.187. The smallest absolute Gasteiger partial charge is 0.0599 e. The fourth-order valence-electron chi connectivity index (χ4n) is 1.92. The Hall–Kier alpha value is -0.420. The van der Waals surface area contributed by atoms with E-state index in [1.54, 1.807) is 0 Å². The Bertz CT molecular complexity index is 233. The fourth-order valence-corrected chi connectivity index (χ4v) is 2.21. The molecule has 0 aromatic heterocycles. The SMILES string of the molecule is [N-]=[N+]=NCC(O)C[C@H]1CC1CCCSO. The quantitative estimate of drug-likeness (QED) is 0.221. The van der Waals surface area contributed by atoms with E-state index < -0.39 is 6.10 Å². The molecule has 2 unspecified atom stereocenters. The van der Waals surface area contributed by atoms with E-state index >= 15 is 0 Å². The summed E-state index contributed by atoms with van der Waals surface area (Å²) < 4.78 is 8.54. The highest BCUT2D eigenvalue weighted by atomic mass is 32.2. The molecule has 0 bridgehead atoms. The van der Waals surface area contributed by atoms with Crippen LogP contribution in [0.4, 0.5) is 0 Å². The topological polar surface area (TPSA) is 89.2 Å². The summed E-state index contributed by atoms with van der Waals surface area (Å²) in [6.45, 7) is 0.187. The lowest BCUT2D eigenvalue weighted by molar-refractivity contribution is 0.163. The summed E-state index contributed by atoms with van der Waals surface area (Å²) in [5.74, 6) is 2.10. The molecular formula is C9H17N3O2S. The van der Waals surface area contributed by atoms with Crippen LogP contribution in [-0.2, 0) is 0 Å². The van der Waals surface area contributed by atoms with E-state index in [4.69, 9.17) is 10.1 Å². The van der Waals surface area contributed by atoms with Crippen molar-refractivity contribution < 1.29 is 9.66 Å². The van der Waals surface area contributed by atoms with Crippen molar-refractivity contribution in [1.82, 2.24) is 0 Å². The molecule has 0 aromatic carbocycles. The lowest BCUT2D eigenvalue weighted by atomic mass is 10.1. The zero-order valence-electron chi connectivity index (χ0n) is 8.62. The predicted molar refractivity (Wildman–Crippen MR) is 60.6 cm³/mol. The molecule has 2 N–H and O–H groups in total. The second kappa shape index (κ2) is 6.95. The lowest BCUT2D eigenvalue weighted by Gasteiger charge is -2.05. The Morgan fingerprint density at radius 1 is 1.53 bits per heavy atom. The molecule has 0 spiro atoms. The molecule has 1 saturated carbocycles. The number of aliphatic hydroxyl groups excluding tert-OH is 1. The molecule has 0 aliphatic heterocycles. The standard InChI is InChI=1S/C9H17N3O2S/c10-12-11-6-9(13)5-8-4-7(8)2-1-3-15-14/h7-9,13-14H,1-6H2/t7?,8-,9?/m1/s1. The monoisotopic (exact) mass is 231 g/mol. The van der Waals surface area contributed by atoms with Crippen LogP contribution in [0.5, 0.6) is 0 Å². The highest BCUT2D eigenvalue weighted by Gasteiger charge is 2.37. The van der Waals surface area contributed by atoms with E-state index in [-0.39, 0.29) is 6.54 Å². The van der Waals surface area contributed by atoms with Gasteiger partial charge in [-0.15, -0.1) is 0 Å². The minimum atomic E-state index is -0.483. The first-order valence-electron chi connectivity index (χ1n) is 5.23. The normalized spacial score (nSPS) is 25.7. The highest BCUT2D eigenvalue weighted by molar-refractivity contribution is 7.93. The van der Waals surface area contributed by atoms with Crippen molar-refractivity contribution in [2.75, 3.05) is 12.3 Å². The molecule has 6 heteroatoms. The summed E-state index contributed by atoms with van der Waals surface area (Å²) in [4.78, 5) is 2.62. The fraction of sp³-hybridized carbons (Fsp3) is 1.00. The Kier molecular flexibility index (Phi) is 5.86. The molecule has 0 amide bonds. The number of nitrogens with zero attached hydrogens (tertiary/aromatic N) is 3. The largest absolute Gasteiger partial charge is 0.393 e. The van der Waals surface area contributed by atoms with Crippen LogP contribution >= 0.6 is 12.0 Å². The van der Waals surface area contributed by atoms with Gasteiger partial charge in [0.15, 0.2) is 0 Å². The summed E-state index contributed by atoms with van der Waals surface area (Å²) in [5, 5.41) is 12.8. The van der Waals surface area contributed by atoms with Gasteiger partial charge in [0.2, 0.25) is 0 Å². The van der Waals surface area contributed by atoms with Gasteiger partial charge < -0.3 is 9.66 Å². The number of hydrogen-bond donors (Lipinski definition) is 2. The summed E-state index contributed by atoms with van der Waals surface area (Å²) in [6, 6.07) is 0. The van der Waals surface area contributed by atoms with Crippen molar-refractivity contribution in [3.63, 3.8) is 0 Å². The van der Waals surface area contributed by atoms with Gasteiger partial charge in [-0.3, -0.25) is 0 Å². The van der Waals surface area contributed by atoms with Crippen LogP contribution in [0.3, 0.4) is 0 Å². The average Bonchev–Trinajstić information content (AvgIpc) is 2.94. The van der Waals surface area contributed by atoms with Gasteiger partial charge >= 0.3 is 0 Å². The van der Waals surface area contributed by atoms with Gasteiger partial charge in [-0.1, -0.05) is 5.11 Å². The Morgan fingerprint density at radius 2 is 2.33 bits per heavy atom. The molecule has 0 heterocycles. The van der Waals surface area contributed by atoms with E-state index in [1.165, 1.54) is 6.42 Å². The molecule has 15 heavy (non-hydrogen) atoms. The number of hydrogen-bond acceptors (Lipinski definition) is 4. The molecule has 0 aromatic rings. The van der Waals surface area contributed by atoms with Crippen LogP contribution in [-0.4, -0.2) is 28.1 Å². The van der Waals surface area contributed by atoms with Gasteiger partial charge in [0.1, 0.15) is 0 Å². The third-order valence-electron chi connectivity index (χ3n) is 2.81. The van der Waals surface area contributed by atoms with E-state index in [0.717, 1.165) is 37.1 Å². The van der Waals surface area contributed by atoms with E-state index in [2.05, 4.69) is 10.0 Å². The summed E-state index contributed by atoms with van der Waals surface area (Å²) >= 11 is 0.893. The van der Waals surface area contributed by atoms with Gasteiger partial charge in [-0.2, -0.15) is 0 Å². The second-order valence-corrected chi connectivity index (χ2v) is 4.70. The van der Waals surface area contributed by atoms with Crippen molar-refractivity contribution in [2.45, 2.75) is 31.8 Å². The molecular weight excluding hydrogens is 214 g/mol. The maximum absolute atomic E-state index is 9.47. The Balaban J connectivity index is 2.02. The van der Waals surface area contributed by atoms with Crippen molar-refractivity contribution >= 4 is 12.0 Å². The van der Waals surface area contributed by atoms with Gasteiger partial charge in [0, 0.05) is 10.7 Å². The third-order valence-corrected chi connectivity index (χ3v) is 3.28. The van der Waals surface area contributed by atoms with Gasteiger partial charge in [-0.05, 0) is 55.1 Å². The molecule has 1 aliphatic rings.